The average Bonchev–Trinajstić information content (AvgIpc) is 1.88. The Kier molecular flexibility index (Phi) is 2.79. The number of aliphatic hydroxyl groups excluding tert-OH is 1. The van der Waals surface area contributed by atoms with Gasteiger partial charge in [-0.25, -0.2) is 0 Å². The van der Waals surface area contributed by atoms with E-state index >= 15 is 0 Å². The normalized spacial score (nSPS) is 18.6. The summed E-state index contributed by atoms with van der Waals surface area (Å²) < 4.78 is 0. The van der Waals surface area contributed by atoms with Crippen LogP contribution in [0.5, 0.6) is 0 Å². The van der Waals surface area contributed by atoms with E-state index in [9.17, 15) is 5.11 Å². The highest BCUT2D eigenvalue weighted by Crippen LogP contribution is 2.19. The summed E-state index contributed by atoms with van der Waals surface area (Å²) in [4.78, 5) is 0. The fourth-order valence-electron chi connectivity index (χ4n) is 0.318. The molecule has 0 heterocycles. The summed E-state index contributed by atoms with van der Waals surface area (Å²) in [5.41, 5.74) is -0.296. The fourth-order valence-corrected chi connectivity index (χ4v) is 0.318. The van der Waals surface area contributed by atoms with Gasteiger partial charge in [0, 0.05) is 0 Å². The van der Waals surface area contributed by atoms with Crippen LogP contribution in [0.25, 0.3) is 0 Å². The van der Waals surface area contributed by atoms with Gasteiger partial charge in [-0.15, -0.1) is 0 Å². The van der Waals surface area contributed by atoms with E-state index in [4.69, 9.17) is 10.3 Å². The van der Waals surface area contributed by atoms with Gasteiger partial charge >= 0.3 is 0 Å². The Hall–Kier alpha value is -0.160. The van der Waals surface area contributed by atoms with Crippen molar-refractivity contribution in [3.8, 4) is 0 Å². The molecule has 0 aliphatic carbocycles. The maximum absolute atomic E-state index is 9.38. The predicted octanol–water partition coefficient (Wildman–Crippen LogP) is -0.513. The molecule has 0 aromatic heterocycles. The van der Waals surface area contributed by atoms with E-state index in [1.807, 2.05) is 5.48 Å². The van der Waals surface area contributed by atoms with Crippen molar-refractivity contribution in [2.75, 3.05) is 6.61 Å². The zero-order valence-corrected chi connectivity index (χ0v) is 6.55. The molecule has 62 valence electrons. The largest absolute Gasteiger partial charge is 0.393 e. The van der Waals surface area contributed by atoms with Crippen molar-refractivity contribution in [2.45, 2.75) is 31.9 Å². The predicted molar refractivity (Wildman–Crippen MR) is 36.7 cm³/mol. The second kappa shape index (κ2) is 2.84. The number of hydrogen-bond donors (Lipinski definition) is 4. The van der Waals surface area contributed by atoms with Gasteiger partial charge in [0.1, 0.15) is 5.60 Å². The first-order valence-electron chi connectivity index (χ1n) is 3.12. The minimum Gasteiger partial charge on any atom is -0.393 e. The van der Waals surface area contributed by atoms with E-state index in [0.29, 0.717) is 0 Å². The Morgan fingerprint density at radius 2 is 1.70 bits per heavy atom. The van der Waals surface area contributed by atoms with Crippen molar-refractivity contribution >= 4 is 0 Å². The molecular formula is C6H15NO3. The van der Waals surface area contributed by atoms with Crippen LogP contribution in [0.15, 0.2) is 0 Å². The summed E-state index contributed by atoms with van der Waals surface area (Å²) in [7, 11) is 0. The van der Waals surface area contributed by atoms with Crippen LogP contribution in [-0.4, -0.2) is 33.2 Å². The van der Waals surface area contributed by atoms with Crippen molar-refractivity contribution in [1.29, 1.82) is 0 Å². The molecule has 0 rings (SSSR count). The van der Waals surface area contributed by atoms with E-state index in [1.165, 1.54) is 6.92 Å². The highest BCUT2D eigenvalue weighted by molar-refractivity contribution is 4.93. The SMILES string of the molecule is CC(O)(CO)C(C)(C)NO. The number of hydroxylamine groups is 1. The molecule has 0 saturated carbocycles. The lowest BCUT2D eigenvalue weighted by atomic mass is 9.86. The van der Waals surface area contributed by atoms with Crippen molar-refractivity contribution in [3.63, 3.8) is 0 Å². The molecule has 0 aliphatic heterocycles. The van der Waals surface area contributed by atoms with Gasteiger partial charge in [-0.1, -0.05) is 0 Å². The van der Waals surface area contributed by atoms with Gasteiger partial charge in [0.05, 0.1) is 12.1 Å². The van der Waals surface area contributed by atoms with E-state index in [1.54, 1.807) is 13.8 Å². The minimum absolute atomic E-state index is 0.395. The van der Waals surface area contributed by atoms with E-state index in [2.05, 4.69) is 0 Å². The highest BCUT2D eigenvalue weighted by Gasteiger charge is 2.38. The summed E-state index contributed by atoms with van der Waals surface area (Å²) in [5, 5.41) is 26.6. The zero-order chi connectivity index (χ0) is 8.41. The molecule has 4 N–H and O–H groups in total. The molecule has 0 fully saturated rings. The van der Waals surface area contributed by atoms with Crippen LogP contribution in [0.2, 0.25) is 0 Å². The molecule has 0 bridgehead atoms. The van der Waals surface area contributed by atoms with E-state index in [-0.39, 0.29) is 0 Å². The van der Waals surface area contributed by atoms with Gasteiger partial charge in [-0.2, -0.15) is 5.48 Å². The molecule has 0 aromatic carbocycles. The molecule has 0 aromatic rings. The lowest BCUT2D eigenvalue weighted by Crippen LogP contribution is -2.58. The van der Waals surface area contributed by atoms with Crippen LogP contribution in [0.4, 0.5) is 0 Å². The second-order valence-electron chi connectivity index (χ2n) is 3.17. The zero-order valence-electron chi connectivity index (χ0n) is 6.55. The third kappa shape index (κ3) is 1.67. The maximum Gasteiger partial charge on any atom is 0.105 e. The topological polar surface area (TPSA) is 72.7 Å². The monoisotopic (exact) mass is 149 g/mol. The first-order valence-corrected chi connectivity index (χ1v) is 3.12. The summed E-state index contributed by atoms with van der Waals surface area (Å²) in [6.07, 6.45) is 0. The Balaban J connectivity index is 4.28. The van der Waals surface area contributed by atoms with Gasteiger partial charge in [0.25, 0.3) is 0 Å². The summed E-state index contributed by atoms with van der Waals surface area (Å²) in [6, 6.07) is 0. The third-order valence-corrected chi connectivity index (χ3v) is 1.93. The smallest absolute Gasteiger partial charge is 0.105 e. The van der Waals surface area contributed by atoms with Gasteiger partial charge in [-0.3, -0.25) is 0 Å². The maximum atomic E-state index is 9.38. The molecule has 10 heavy (non-hydrogen) atoms. The van der Waals surface area contributed by atoms with Gasteiger partial charge in [0.15, 0.2) is 0 Å². The van der Waals surface area contributed by atoms with Crippen LogP contribution < -0.4 is 5.48 Å². The van der Waals surface area contributed by atoms with Gasteiger partial charge in [-0.05, 0) is 20.8 Å². The molecule has 0 radical (unpaired) electrons. The molecule has 0 aliphatic rings. The molecule has 0 saturated heterocycles. The van der Waals surface area contributed by atoms with Crippen molar-refractivity contribution in [1.82, 2.24) is 5.48 Å². The molecule has 4 heteroatoms. The van der Waals surface area contributed by atoms with Crippen LogP contribution in [0, 0.1) is 0 Å². The highest BCUT2D eigenvalue weighted by atomic mass is 16.5. The van der Waals surface area contributed by atoms with Crippen molar-refractivity contribution in [3.05, 3.63) is 0 Å². The van der Waals surface area contributed by atoms with E-state index in [0.717, 1.165) is 0 Å². The van der Waals surface area contributed by atoms with Crippen LogP contribution in [0.3, 0.4) is 0 Å². The number of nitrogens with one attached hydrogen (secondary N) is 1. The standard InChI is InChI=1S/C6H15NO3/c1-5(2,7-10)6(3,9)4-8/h7-10H,4H2,1-3H3. The lowest BCUT2D eigenvalue weighted by molar-refractivity contribution is -0.103. The van der Waals surface area contributed by atoms with Crippen molar-refractivity contribution in [2.24, 2.45) is 0 Å². The lowest BCUT2D eigenvalue weighted by Gasteiger charge is -2.37. The van der Waals surface area contributed by atoms with Crippen LogP contribution in [-0.2, 0) is 0 Å². The minimum atomic E-state index is -1.32. The second-order valence-corrected chi connectivity index (χ2v) is 3.17. The van der Waals surface area contributed by atoms with Crippen LogP contribution >= 0.6 is 0 Å². The molecule has 4 nitrogen and oxygen atoms in total. The first-order chi connectivity index (χ1) is 4.37. The molecule has 1 atom stereocenters. The number of rotatable bonds is 3. The number of hydrogen-bond acceptors (Lipinski definition) is 4. The quantitative estimate of drug-likeness (QED) is 0.408. The molecule has 0 amide bonds. The Labute approximate surface area is 60.5 Å². The van der Waals surface area contributed by atoms with Gasteiger partial charge < -0.3 is 15.4 Å². The van der Waals surface area contributed by atoms with Gasteiger partial charge in [0.2, 0.25) is 0 Å². The Bertz CT molecular complexity index is 97.6. The molecule has 0 spiro atoms. The van der Waals surface area contributed by atoms with E-state index < -0.39 is 17.7 Å². The summed E-state index contributed by atoms with van der Waals surface area (Å²) >= 11 is 0. The summed E-state index contributed by atoms with van der Waals surface area (Å²) in [5.74, 6) is 0. The fraction of sp³-hybridized carbons (Fsp3) is 1.00. The molecular weight excluding hydrogens is 134 g/mol. The van der Waals surface area contributed by atoms with Crippen molar-refractivity contribution < 1.29 is 15.4 Å². The Morgan fingerprint density at radius 1 is 1.30 bits per heavy atom. The average molecular weight is 149 g/mol. The Morgan fingerprint density at radius 3 is 1.80 bits per heavy atom. The first kappa shape index (κ1) is 9.84. The number of aliphatic hydroxyl groups is 2. The third-order valence-electron chi connectivity index (χ3n) is 1.93. The summed E-state index contributed by atoms with van der Waals surface area (Å²) in [6.45, 7) is 4.22. The van der Waals surface area contributed by atoms with Crippen LogP contribution in [0.1, 0.15) is 20.8 Å². The molecule has 1 unspecified atom stereocenters.